The number of aromatic nitrogens is 3. The zero-order valence-electron chi connectivity index (χ0n) is 11.0. The van der Waals surface area contributed by atoms with Crippen molar-refractivity contribution < 1.29 is 0 Å². The molecule has 0 amide bonds. The predicted octanol–water partition coefficient (Wildman–Crippen LogP) is 0.752. The molecule has 100 valence electrons. The number of pyridine rings is 1. The van der Waals surface area contributed by atoms with Crippen molar-refractivity contribution in [2.24, 2.45) is 10.7 Å². The highest BCUT2D eigenvalue weighted by atomic mass is 15.2. The Kier molecular flexibility index (Phi) is 4.12. The summed E-state index contributed by atoms with van der Waals surface area (Å²) in [6.07, 6.45) is 2.68. The van der Waals surface area contributed by atoms with E-state index in [0.717, 1.165) is 23.5 Å². The first kappa shape index (κ1) is 13.1. The van der Waals surface area contributed by atoms with Gasteiger partial charge in [-0.25, -0.2) is 4.99 Å². The minimum atomic E-state index is 0.428. The molecule has 0 aromatic carbocycles. The third kappa shape index (κ3) is 3.54. The van der Waals surface area contributed by atoms with Gasteiger partial charge in [-0.2, -0.15) is 0 Å². The van der Waals surface area contributed by atoms with Gasteiger partial charge in [0.25, 0.3) is 0 Å². The molecular weight excluding hydrogens is 240 g/mol. The molecule has 2 aromatic heterocycles. The molecule has 6 heteroatoms. The highest BCUT2D eigenvalue weighted by molar-refractivity contribution is 5.77. The van der Waals surface area contributed by atoms with Gasteiger partial charge in [-0.1, -0.05) is 18.2 Å². The first-order valence-corrected chi connectivity index (χ1v) is 6.13. The van der Waals surface area contributed by atoms with Crippen LogP contribution in [0.15, 0.2) is 41.5 Å². The maximum Gasteiger partial charge on any atom is 0.188 e. The highest BCUT2D eigenvalue weighted by Gasteiger charge is 2.03. The number of nitrogens with zero attached hydrogens (tertiary/aromatic N) is 4. The van der Waals surface area contributed by atoms with Crippen molar-refractivity contribution in [1.82, 2.24) is 19.9 Å². The van der Waals surface area contributed by atoms with Crippen LogP contribution in [0.5, 0.6) is 0 Å². The Morgan fingerprint density at radius 3 is 3.11 bits per heavy atom. The SMILES string of the molecule is C=C(C)CN=C(N)NCCc1nnc2ccccn12. The normalized spacial score (nSPS) is 11.7. The Balaban J connectivity index is 1.89. The van der Waals surface area contributed by atoms with E-state index in [0.29, 0.717) is 19.0 Å². The van der Waals surface area contributed by atoms with Gasteiger partial charge in [0, 0.05) is 19.2 Å². The zero-order chi connectivity index (χ0) is 13.7. The van der Waals surface area contributed by atoms with E-state index < -0.39 is 0 Å². The molecule has 0 radical (unpaired) electrons. The summed E-state index contributed by atoms with van der Waals surface area (Å²) in [5.74, 6) is 1.33. The van der Waals surface area contributed by atoms with Crippen LogP contribution >= 0.6 is 0 Å². The summed E-state index contributed by atoms with van der Waals surface area (Å²) < 4.78 is 1.96. The van der Waals surface area contributed by atoms with E-state index >= 15 is 0 Å². The van der Waals surface area contributed by atoms with E-state index in [9.17, 15) is 0 Å². The lowest BCUT2D eigenvalue weighted by Crippen LogP contribution is -2.33. The lowest BCUT2D eigenvalue weighted by molar-refractivity contribution is 0.789. The number of aliphatic imine (C=N–C) groups is 1. The molecule has 0 unspecified atom stereocenters. The zero-order valence-corrected chi connectivity index (χ0v) is 11.0. The van der Waals surface area contributed by atoms with Gasteiger partial charge in [-0.15, -0.1) is 10.2 Å². The van der Waals surface area contributed by atoms with E-state index in [-0.39, 0.29) is 0 Å². The Bertz CT molecular complexity index is 598. The van der Waals surface area contributed by atoms with E-state index in [1.807, 2.05) is 35.7 Å². The molecule has 0 aliphatic heterocycles. The number of rotatable bonds is 5. The molecule has 0 aliphatic carbocycles. The van der Waals surface area contributed by atoms with E-state index in [1.165, 1.54) is 0 Å². The van der Waals surface area contributed by atoms with Crippen molar-refractivity contribution >= 4 is 11.6 Å². The fraction of sp³-hybridized carbons (Fsp3) is 0.308. The Labute approximate surface area is 112 Å². The third-order valence-corrected chi connectivity index (χ3v) is 2.56. The van der Waals surface area contributed by atoms with Crippen LogP contribution in [0, 0.1) is 0 Å². The van der Waals surface area contributed by atoms with Crippen LogP contribution in [0.2, 0.25) is 0 Å². The van der Waals surface area contributed by atoms with E-state index in [4.69, 9.17) is 5.73 Å². The van der Waals surface area contributed by atoms with Crippen LogP contribution in [-0.4, -0.2) is 33.6 Å². The molecule has 2 aromatic rings. The van der Waals surface area contributed by atoms with E-state index in [1.54, 1.807) is 0 Å². The molecule has 0 aliphatic rings. The van der Waals surface area contributed by atoms with Crippen LogP contribution in [0.4, 0.5) is 0 Å². The smallest absolute Gasteiger partial charge is 0.188 e. The van der Waals surface area contributed by atoms with Crippen LogP contribution in [-0.2, 0) is 6.42 Å². The fourth-order valence-electron chi connectivity index (χ4n) is 1.64. The molecule has 6 nitrogen and oxygen atoms in total. The van der Waals surface area contributed by atoms with Gasteiger partial charge in [-0.05, 0) is 19.1 Å². The van der Waals surface area contributed by atoms with Gasteiger partial charge in [0.1, 0.15) is 5.82 Å². The average molecular weight is 258 g/mol. The average Bonchev–Trinajstić information content (AvgIpc) is 2.80. The van der Waals surface area contributed by atoms with E-state index in [2.05, 4.69) is 27.1 Å². The third-order valence-electron chi connectivity index (χ3n) is 2.56. The first-order chi connectivity index (χ1) is 9.16. The van der Waals surface area contributed by atoms with Crippen molar-refractivity contribution in [1.29, 1.82) is 0 Å². The topological polar surface area (TPSA) is 80.6 Å². The summed E-state index contributed by atoms with van der Waals surface area (Å²) in [5.41, 5.74) is 7.56. The molecule has 0 bridgehead atoms. The summed E-state index contributed by atoms with van der Waals surface area (Å²) in [7, 11) is 0. The molecular formula is C13H18N6. The summed E-state index contributed by atoms with van der Waals surface area (Å²) in [6.45, 7) is 6.90. The maximum absolute atomic E-state index is 5.73. The quantitative estimate of drug-likeness (QED) is 0.471. The second kappa shape index (κ2) is 5.99. The Hall–Kier alpha value is -2.37. The predicted molar refractivity (Wildman–Crippen MR) is 76.0 cm³/mol. The maximum atomic E-state index is 5.73. The van der Waals surface area contributed by atoms with Gasteiger partial charge >= 0.3 is 0 Å². The summed E-state index contributed by atoms with van der Waals surface area (Å²) in [4.78, 5) is 4.15. The summed E-state index contributed by atoms with van der Waals surface area (Å²) in [6, 6.07) is 5.82. The highest BCUT2D eigenvalue weighted by Crippen LogP contribution is 2.02. The largest absolute Gasteiger partial charge is 0.370 e. The summed E-state index contributed by atoms with van der Waals surface area (Å²) in [5, 5.41) is 11.3. The first-order valence-electron chi connectivity index (χ1n) is 6.13. The van der Waals surface area contributed by atoms with Gasteiger partial charge < -0.3 is 11.1 Å². The minimum absolute atomic E-state index is 0.428. The van der Waals surface area contributed by atoms with Crippen LogP contribution in [0.1, 0.15) is 12.7 Å². The number of hydrogen-bond acceptors (Lipinski definition) is 3. The molecule has 2 heterocycles. The molecule has 0 atom stereocenters. The van der Waals surface area contributed by atoms with Crippen LogP contribution in [0.3, 0.4) is 0 Å². The molecule has 19 heavy (non-hydrogen) atoms. The Morgan fingerprint density at radius 2 is 2.32 bits per heavy atom. The monoisotopic (exact) mass is 258 g/mol. The van der Waals surface area contributed by atoms with Crippen molar-refractivity contribution in [3.8, 4) is 0 Å². The van der Waals surface area contributed by atoms with Crippen molar-refractivity contribution in [2.75, 3.05) is 13.1 Å². The molecule has 0 spiro atoms. The number of fused-ring (bicyclic) bond motifs is 1. The van der Waals surface area contributed by atoms with Crippen molar-refractivity contribution in [3.05, 3.63) is 42.4 Å². The Morgan fingerprint density at radius 1 is 1.47 bits per heavy atom. The second-order valence-electron chi connectivity index (χ2n) is 4.38. The van der Waals surface area contributed by atoms with Gasteiger partial charge in [0.15, 0.2) is 11.6 Å². The van der Waals surface area contributed by atoms with Crippen LogP contribution < -0.4 is 11.1 Å². The molecule has 3 N–H and O–H groups in total. The lowest BCUT2D eigenvalue weighted by atomic mass is 10.3. The summed E-state index contributed by atoms with van der Waals surface area (Å²) >= 11 is 0. The second-order valence-corrected chi connectivity index (χ2v) is 4.38. The fourth-order valence-corrected chi connectivity index (χ4v) is 1.64. The molecule has 0 fully saturated rings. The number of guanidine groups is 1. The number of nitrogens with one attached hydrogen (secondary N) is 1. The van der Waals surface area contributed by atoms with Crippen LogP contribution in [0.25, 0.3) is 5.65 Å². The number of nitrogens with two attached hydrogens (primary N) is 1. The minimum Gasteiger partial charge on any atom is -0.370 e. The van der Waals surface area contributed by atoms with Crippen molar-refractivity contribution in [2.45, 2.75) is 13.3 Å². The van der Waals surface area contributed by atoms with Gasteiger partial charge in [0.2, 0.25) is 0 Å². The molecule has 2 rings (SSSR count). The van der Waals surface area contributed by atoms with Crippen molar-refractivity contribution in [3.63, 3.8) is 0 Å². The number of hydrogen-bond donors (Lipinski definition) is 2. The molecule has 0 saturated heterocycles. The standard InChI is InChI=1S/C13H18N6/c1-10(2)9-16-13(14)15-7-6-12-18-17-11-5-3-4-8-19(11)12/h3-5,8H,1,6-7,9H2,2H3,(H3,14,15,16). The van der Waals surface area contributed by atoms with Gasteiger partial charge in [0.05, 0.1) is 6.54 Å². The lowest BCUT2D eigenvalue weighted by Gasteiger charge is -2.04. The van der Waals surface area contributed by atoms with Gasteiger partial charge in [-0.3, -0.25) is 4.40 Å². The molecule has 0 saturated carbocycles.